The highest BCUT2D eigenvalue weighted by molar-refractivity contribution is 9.10. The van der Waals surface area contributed by atoms with Crippen LogP contribution in [0.5, 0.6) is 0 Å². The first-order valence-electron chi connectivity index (χ1n) is 6.09. The summed E-state index contributed by atoms with van der Waals surface area (Å²) in [6.45, 7) is 11.3. The minimum absolute atomic E-state index is 0.155. The van der Waals surface area contributed by atoms with Crippen molar-refractivity contribution in [3.63, 3.8) is 0 Å². The van der Waals surface area contributed by atoms with Gasteiger partial charge in [-0.05, 0) is 53.1 Å². The minimum Gasteiger partial charge on any atom is -0.143 e. The molecule has 1 aromatic rings. The van der Waals surface area contributed by atoms with Crippen LogP contribution < -0.4 is 0 Å². The first kappa shape index (κ1) is 15.5. The molecule has 1 heterocycles. The van der Waals surface area contributed by atoms with Crippen molar-refractivity contribution in [3.8, 4) is 0 Å². The fourth-order valence-corrected chi connectivity index (χ4v) is 4.29. The van der Waals surface area contributed by atoms with E-state index in [4.69, 9.17) is 11.6 Å². The Hall–Kier alpha value is 0.470. The average Bonchev–Trinajstić information content (AvgIpc) is 2.43. The Morgan fingerprint density at radius 3 is 2.41 bits per heavy atom. The van der Waals surface area contributed by atoms with E-state index in [1.165, 1.54) is 20.6 Å². The quantitative estimate of drug-likeness (QED) is 0.546. The number of thiophene rings is 1. The van der Waals surface area contributed by atoms with E-state index in [9.17, 15) is 0 Å². The minimum atomic E-state index is 0.155. The second-order valence-corrected chi connectivity index (χ2v) is 8.80. The fraction of sp³-hybridized carbons (Fsp3) is 0.714. The van der Waals surface area contributed by atoms with Crippen LogP contribution in [-0.2, 0) is 0 Å². The first-order valence-corrected chi connectivity index (χ1v) is 8.13. The smallest absolute Gasteiger partial charge is 0.0681 e. The van der Waals surface area contributed by atoms with E-state index >= 15 is 0 Å². The lowest BCUT2D eigenvalue weighted by Gasteiger charge is -2.24. The molecule has 98 valence electrons. The van der Waals surface area contributed by atoms with Crippen molar-refractivity contribution in [2.75, 3.05) is 0 Å². The van der Waals surface area contributed by atoms with Crippen molar-refractivity contribution in [1.82, 2.24) is 0 Å². The Morgan fingerprint density at radius 2 is 2.00 bits per heavy atom. The third-order valence-electron chi connectivity index (χ3n) is 2.76. The van der Waals surface area contributed by atoms with Gasteiger partial charge in [0.1, 0.15) is 0 Å². The summed E-state index contributed by atoms with van der Waals surface area (Å²) in [4.78, 5) is 2.60. The normalized spacial score (nSPS) is 15.9. The monoisotopic (exact) mass is 336 g/mol. The van der Waals surface area contributed by atoms with Gasteiger partial charge in [0.25, 0.3) is 0 Å². The van der Waals surface area contributed by atoms with Crippen LogP contribution in [0.25, 0.3) is 0 Å². The molecular formula is C14H22BrClS. The second kappa shape index (κ2) is 6.08. The van der Waals surface area contributed by atoms with Crippen LogP contribution >= 0.6 is 38.9 Å². The number of hydrogen-bond donors (Lipinski definition) is 0. The van der Waals surface area contributed by atoms with Crippen LogP contribution in [0.3, 0.4) is 0 Å². The summed E-state index contributed by atoms with van der Waals surface area (Å²) in [5.41, 5.74) is 0.391. The fourth-order valence-electron chi connectivity index (χ4n) is 2.23. The lowest BCUT2D eigenvalue weighted by Crippen LogP contribution is -2.12. The number of aryl methyl sites for hydroxylation is 1. The highest BCUT2D eigenvalue weighted by Crippen LogP contribution is 2.38. The Bertz CT molecular complexity index is 345. The average molecular weight is 338 g/mol. The van der Waals surface area contributed by atoms with E-state index in [1.54, 1.807) is 11.3 Å². The summed E-state index contributed by atoms with van der Waals surface area (Å²) in [5.74, 6) is 0.665. The molecule has 0 nitrogen and oxygen atoms in total. The zero-order valence-electron chi connectivity index (χ0n) is 11.3. The van der Waals surface area contributed by atoms with Crippen LogP contribution in [-0.4, -0.2) is 0 Å². The Kier molecular flexibility index (Phi) is 5.55. The molecule has 0 aliphatic carbocycles. The molecule has 0 aliphatic heterocycles. The topological polar surface area (TPSA) is 0 Å². The van der Waals surface area contributed by atoms with Gasteiger partial charge in [0.15, 0.2) is 0 Å². The van der Waals surface area contributed by atoms with E-state index in [-0.39, 0.29) is 5.38 Å². The third kappa shape index (κ3) is 5.32. The number of halogens is 2. The molecule has 2 unspecified atom stereocenters. The van der Waals surface area contributed by atoms with Gasteiger partial charge in [-0.15, -0.1) is 22.9 Å². The van der Waals surface area contributed by atoms with Gasteiger partial charge in [-0.3, -0.25) is 0 Å². The van der Waals surface area contributed by atoms with Gasteiger partial charge < -0.3 is 0 Å². The molecule has 17 heavy (non-hydrogen) atoms. The highest BCUT2D eigenvalue weighted by Gasteiger charge is 2.20. The number of hydrogen-bond acceptors (Lipinski definition) is 1. The van der Waals surface area contributed by atoms with Gasteiger partial charge in [-0.1, -0.05) is 27.7 Å². The highest BCUT2D eigenvalue weighted by atomic mass is 79.9. The largest absolute Gasteiger partial charge is 0.143 e. The van der Waals surface area contributed by atoms with Gasteiger partial charge in [0.05, 0.1) is 5.38 Å². The Balaban J connectivity index is 2.57. The summed E-state index contributed by atoms with van der Waals surface area (Å²) in [6, 6.07) is 2.17. The second-order valence-electron chi connectivity index (χ2n) is 6.13. The maximum Gasteiger partial charge on any atom is 0.0681 e. The van der Waals surface area contributed by atoms with Crippen LogP contribution in [0.15, 0.2) is 10.5 Å². The molecule has 0 bridgehead atoms. The van der Waals surface area contributed by atoms with Crippen LogP contribution in [0, 0.1) is 18.3 Å². The van der Waals surface area contributed by atoms with E-state index in [0.717, 1.165) is 6.42 Å². The van der Waals surface area contributed by atoms with Crippen LogP contribution in [0.4, 0.5) is 0 Å². The molecular weight excluding hydrogens is 316 g/mol. The van der Waals surface area contributed by atoms with E-state index in [2.05, 4.69) is 56.6 Å². The van der Waals surface area contributed by atoms with Crippen molar-refractivity contribution in [1.29, 1.82) is 0 Å². The molecule has 0 aromatic carbocycles. The molecule has 1 aromatic heterocycles. The molecule has 0 N–H and O–H groups in total. The predicted octanol–water partition coefficient (Wildman–Crippen LogP) is 6.56. The molecule has 3 heteroatoms. The molecule has 0 amide bonds. The summed E-state index contributed by atoms with van der Waals surface area (Å²) in [5, 5.41) is 0.155. The summed E-state index contributed by atoms with van der Waals surface area (Å²) >= 11 is 11.9. The van der Waals surface area contributed by atoms with E-state index < -0.39 is 0 Å². The van der Waals surface area contributed by atoms with Crippen LogP contribution in [0.2, 0.25) is 0 Å². The van der Waals surface area contributed by atoms with E-state index in [1.807, 2.05) is 0 Å². The standard InChI is InChI=1S/C14H22BrClS/c1-9(8-14(3,4)5)6-12(16)13-7-11(15)10(2)17-13/h7,9,12H,6,8H2,1-5H3. The van der Waals surface area contributed by atoms with Crippen molar-refractivity contribution in [2.24, 2.45) is 11.3 Å². The molecule has 0 fully saturated rings. The first-order chi connectivity index (χ1) is 7.69. The SMILES string of the molecule is Cc1sc(C(Cl)CC(C)CC(C)(C)C)cc1Br. The summed E-state index contributed by atoms with van der Waals surface area (Å²) < 4.78 is 1.19. The zero-order chi connectivity index (χ0) is 13.2. The van der Waals surface area contributed by atoms with Crippen LogP contribution in [0.1, 0.15) is 55.7 Å². The van der Waals surface area contributed by atoms with Crippen molar-refractivity contribution >= 4 is 38.9 Å². The molecule has 0 radical (unpaired) electrons. The van der Waals surface area contributed by atoms with Gasteiger partial charge >= 0.3 is 0 Å². The van der Waals surface area contributed by atoms with Crippen molar-refractivity contribution in [3.05, 3.63) is 20.3 Å². The van der Waals surface area contributed by atoms with Crippen molar-refractivity contribution in [2.45, 2.75) is 52.8 Å². The summed E-state index contributed by atoms with van der Waals surface area (Å²) in [7, 11) is 0. The predicted molar refractivity (Wildman–Crippen MR) is 83.2 cm³/mol. The molecule has 1 rings (SSSR count). The van der Waals surface area contributed by atoms with E-state index in [0.29, 0.717) is 11.3 Å². The molecule has 0 saturated heterocycles. The lowest BCUT2D eigenvalue weighted by molar-refractivity contribution is 0.295. The summed E-state index contributed by atoms with van der Waals surface area (Å²) in [6.07, 6.45) is 2.28. The lowest BCUT2D eigenvalue weighted by atomic mass is 9.83. The van der Waals surface area contributed by atoms with Gasteiger partial charge in [0.2, 0.25) is 0 Å². The molecule has 0 spiro atoms. The third-order valence-corrected chi connectivity index (χ3v) is 5.55. The van der Waals surface area contributed by atoms with Gasteiger partial charge in [0, 0.05) is 14.2 Å². The molecule has 0 aliphatic rings. The number of alkyl halides is 1. The van der Waals surface area contributed by atoms with Gasteiger partial charge in [-0.2, -0.15) is 0 Å². The maximum absolute atomic E-state index is 6.50. The number of rotatable bonds is 4. The zero-order valence-corrected chi connectivity index (χ0v) is 14.5. The van der Waals surface area contributed by atoms with Crippen molar-refractivity contribution < 1.29 is 0 Å². The molecule has 0 saturated carbocycles. The maximum atomic E-state index is 6.50. The van der Waals surface area contributed by atoms with Gasteiger partial charge in [-0.25, -0.2) is 0 Å². The Labute approximate surface area is 123 Å². The molecule has 2 atom stereocenters. The Morgan fingerprint density at radius 1 is 1.41 bits per heavy atom.